The van der Waals surface area contributed by atoms with Gasteiger partial charge in [0.2, 0.25) is 11.8 Å². The monoisotopic (exact) mass is 390 g/mol. The van der Waals surface area contributed by atoms with Gasteiger partial charge in [-0.2, -0.15) is 0 Å². The molecule has 2 aromatic carbocycles. The molecule has 0 saturated heterocycles. The minimum absolute atomic E-state index is 0.273. The number of methoxy groups -OCH3 is 2. The molecule has 2 rings (SSSR count). The molecule has 1 atom stereocenters. The van der Waals surface area contributed by atoms with Crippen molar-refractivity contribution in [2.75, 3.05) is 36.4 Å². The van der Waals surface area contributed by atoms with Crippen molar-refractivity contribution in [3.8, 4) is 11.5 Å². The number of carbonyl (C=O) groups is 2. The van der Waals surface area contributed by atoms with Crippen LogP contribution in [-0.2, 0) is 20.4 Å². The smallest absolute Gasteiger partial charge is 0.237 e. The van der Waals surface area contributed by atoms with E-state index in [1.165, 1.54) is 7.11 Å². The van der Waals surface area contributed by atoms with Gasteiger partial charge in [-0.05, 0) is 48.9 Å². The average molecular weight is 390 g/mol. The number of hydrogen-bond acceptors (Lipinski definition) is 5. The lowest BCUT2D eigenvalue weighted by Gasteiger charge is -2.11. The highest BCUT2D eigenvalue weighted by Gasteiger charge is 2.14. The Labute approximate surface area is 160 Å². The lowest BCUT2D eigenvalue weighted by Crippen LogP contribution is -2.26. The lowest BCUT2D eigenvalue weighted by molar-refractivity contribution is -0.114. The molecule has 0 heterocycles. The van der Waals surface area contributed by atoms with E-state index in [2.05, 4.69) is 10.6 Å². The molecule has 0 aliphatic carbocycles. The third kappa shape index (κ3) is 6.41. The quantitative estimate of drug-likeness (QED) is 0.722. The van der Waals surface area contributed by atoms with Gasteiger partial charge in [0.1, 0.15) is 23.0 Å². The number of rotatable bonds is 8. The van der Waals surface area contributed by atoms with Crippen molar-refractivity contribution in [2.24, 2.45) is 0 Å². The van der Waals surface area contributed by atoms with Crippen molar-refractivity contribution in [1.29, 1.82) is 0 Å². The summed E-state index contributed by atoms with van der Waals surface area (Å²) in [6, 6.07) is 12.1. The average Bonchev–Trinajstić information content (AvgIpc) is 2.62. The normalized spacial score (nSPS) is 11.4. The molecule has 2 amide bonds. The van der Waals surface area contributed by atoms with Crippen LogP contribution in [0, 0.1) is 6.92 Å². The summed E-state index contributed by atoms with van der Waals surface area (Å²) in [6.07, 6.45) is 0. The number of hydrogen-bond donors (Lipinski definition) is 2. The maximum atomic E-state index is 12.1. The fourth-order valence-corrected chi connectivity index (χ4v) is 3.15. The first-order chi connectivity index (χ1) is 12.9. The molecule has 0 fully saturated rings. The van der Waals surface area contributed by atoms with E-state index in [0.29, 0.717) is 22.9 Å². The molecule has 0 saturated carbocycles. The van der Waals surface area contributed by atoms with Crippen LogP contribution in [0.3, 0.4) is 0 Å². The maximum absolute atomic E-state index is 12.1. The van der Waals surface area contributed by atoms with Gasteiger partial charge in [-0.25, -0.2) is 0 Å². The fraction of sp³-hybridized carbons (Fsp3) is 0.263. The zero-order valence-electron chi connectivity index (χ0n) is 15.4. The van der Waals surface area contributed by atoms with Crippen molar-refractivity contribution in [3.63, 3.8) is 0 Å². The molecule has 0 spiro atoms. The van der Waals surface area contributed by atoms with Crippen molar-refractivity contribution < 1.29 is 23.3 Å². The summed E-state index contributed by atoms with van der Waals surface area (Å²) in [5.74, 6) is -0.261. The molecule has 27 heavy (non-hydrogen) atoms. The zero-order chi connectivity index (χ0) is 19.8. The van der Waals surface area contributed by atoms with Crippen molar-refractivity contribution in [3.05, 3.63) is 48.0 Å². The molecule has 2 N–H and O–H groups in total. The number of aryl methyl sites for hydroxylation is 1. The van der Waals surface area contributed by atoms with Crippen LogP contribution in [0.5, 0.6) is 11.5 Å². The van der Waals surface area contributed by atoms with Crippen molar-refractivity contribution >= 4 is 34.0 Å². The number of nitrogens with one attached hydrogen (secondary N) is 2. The Balaban J connectivity index is 1.86. The summed E-state index contributed by atoms with van der Waals surface area (Å²) in [5.41, 5.74) is 2.01. The fourth-order valence-electron chi connectivity index (χ4n) is 2.32. The first-order valence-electron chi connectivity index (χ1n) is 8.14. The van der Waals surface area contributed by atoms with E-state index >= 15 is 0 Å². The Kier molecular flexibility index (Phi) is 7.36. The Morgan fingerprint density at radius 3 is 2.15 bits per heavy atom. The first-order valence-corrected chi connectivity index (χ1v) is 9.63. The molecule has 0 aliphatic heterocycles. The predicted octanol–water partition coefficient (Wildman–Crippen LogP) is 2.34. The topological polar surface area (TPSA) is 93.7 Å². The van der Waals surface area contributed by atoms with Gasteiger partial charge in [-0.3, -0.25) is 13.8 Å². The number of amides is 2. The van der Waals surface area contributed by atoms with Crippen LogP contribution in [0.1, 0.15) is 5.56 Å². The Bertz CT molecular complexity index is 836. The number of ether oxygens (including phenoxy) is 2. The standard InChI is InChI=1S/C19H22N2O5S/c1-13-4-9-17(26-3)16(10-13)21-19(23)12-27(24)11-18(22)20-14-5-7-15(25-2)8-6-14/h4-10H,11-12H2,1-3H3,(H,20,22)(H,21,23). The van der Waals surface area contributed by atoms with Crippen LogP contribution in [0.2, 0.25) is 0 Å². The highest BCUT2D eigenvalue weighted by Crippen LogP contribution is 2.25. The van der Waals surface area contributed by atoms with E-state index in [-0.39, 0.29) is 11.5 Å². The Morgan fingerprint density at radius 2 is 1.56 bits per heavy atom. The van der Waals surface area contributed by atoms with Gasteiger partial charge >= 0.3 is 0 Å². The summed E-state index contributed by atoms with van der Waals surface area (Å²) >= 11 is 0. The molecule has 8 heteroatoms. The van der Waals surface area contributed by atoms with Gasteiger partial charge in [-0.15, -0.1) is 0 Å². The second kappa shape index (κ2) is 9.72. The summed E-state index contributed by atoms with van der Waals surface area (Å²) in [7, 11) is 1.41. The maximum Gasteiger partial charge on any atom is 0.237 e. The highest BCUT2D eigenvalue weighted by molar-refractivity contribution is 7.86. The van der Waals surface area contributed by atoms with Gasteiger partial charge in [0.15, 0.2) is 0 Å². The second-order valence-corrected chi connectivity index (χ2v) is 7.21. The summed E-state index contributed by atoms with van der Waals surface area (Å²) < 4.78 is 22.3. The van der Waals surface area contributed by atoms with E-state index in [4.69, 9.17) is 9.47 Å². The Hall–Kier alpha value is -2.87. The second-order valence-electron chi connectivity index (χ2n) is 5.76. The van der Waals surface area contributed by atoms with Crippen LogP contribution in [0.25, 0.3) is 0 Å². The highest BCUT2D eigenvalue weighted by atomic mass is 32.2. The minimum Gasteiger partial charge on any atom is -0.497 e. The zero-order valence-corrected chi connectivity index (χ0v) is 16.2. The summed E-state index contributed by atoms with van der Waals surface area (Å²) in [4.78, 5) is 24.1. The summed E-state index contributed by atoms with van der Waals surface area (Å²) in [6.45, 7) is 1.89. The number of anilines is 2. The van der Waals surface area contributed by atoms with Crippen LogP contribution >= 0.6 is 0 Å². The third-order valence-electron chi connectivity index (χ3n) is 3.59. The molecule has 0 bridgehead atoms. The molecule has 0 aromatic heterocycles. The molecule has 2 aromatic rings. The largest absolute Gasteiger partial charge is 0.497 e. The molecule has 0 radical (unpaired) electrons. The molecule has 7 nitrogen and oxygen atoms in total. The van der Waals surface area contributed by atoms with Crippen LogP contribution in [0.4, 0.5) is 11.4 Å². The van der Waals surface area contributed by atoms with E-state index in [9.17, 15) is 13.8 Å². The molecule has 144 valence electrons. The SMILES string of the molecule is COc1ccc(NC(=O)CS(=O)CC(=O)Nc2cc(C)ccc2OC)cc1. The summed E-state index contributed by atoms with van der Waals surface area (Å²) in [5, 5.41) is 5.30. The van der Waals surface area contributed by atoms with Gasteiger partial charge in [0, 0.05) is 16.5 Å². The molecular weight excluding hydrogens is 368 g/mol. The van der Waals surface area contributed by atoms with Crippen LogP contribution < -0.4 is 20.1 Å². The number of carbonyl (C=O) groups excluding carboxylic acids is 2. The van der Waals surface area contributed by atoms with Crippen LogP contribution in [-0.4, -0.2) is 41.7 Å². The Morgan fingerprint density at radius 1 is 0.926 bits per heavy atom. The van der Waals surface area contributed by atoms with Crippen molar-refractivity contribution in [2.45, 2.75) is 6.92 Å². The van der Waals surface area contributed by atoms with Gasteiger partial charge in [0.25, 0.3) is 0 Å². The molecule has 0 aliphatic rings. The van der Waals surface area contributed by atoms with Crippen molar-refractivity contribution in [1.82, 2.24) is 0 Å². The van der Waals surface area contributed by atoms with Gasteiger partial charge in [0.05, 0.1) is 19.9 Å². The molecular formula is C19H22N2O5S. The minimum atomic E-state index is -1.64. The first kappa shape index (κ1) is 20.4. The van der Waals surface area contributed by atoms with E-state index < -0.39 is 22.6 Å². The van der Waals surface area contributed by atoms with Gasteiger partial charge in [-0.1, -0.05) is 6.07 Å². The molecule has 1 unspecified atom stereocenters. The third-order valence-corrected chi connectivity index (χ3v) is 4.76. The van der Waals surface area contributed by atoms with Crippen LogP contribution in [0.15, 0.2) is 42.5 Å². The number of benzene rings is 2. The van der Waals surface area contributed by atoms with E-state index in [1.807, 2.05) is 13.0 Å². The van der Waals surface area contributed by atoms with E-state index in [0.717, 1.165) is 5.56 Å². The predicted molar refractivity (Wildman–Crippen MR) is 106 cm³/mol. The van der Waals surface area contributed by atoms with Gasteiger partial charge < -0.3 is 20.1 Å². The lowest BCUT2D eigenvalue weighted by atomic mass is 10.2. The van der Waals surface area contributed by atoms with E-state index in [1.54, 1.807) is 43.5 Å².